The number of methoxy groups -OCH3 is 1. The Labute approximate surface area is 279 Å². The number of anilines is 1. The number of ether oxygens (including phenoxy) is 4. The first-order valence-electron chi connectivity index (χ1n) is 15.8. The van der Waals surface area contributed by atoms with Crippen LogP contribution in [0.3, 0.4) is 0 Å². The molecule has 0 aromatic heterocycles. The second-order valence-electron chi connectivity index (χ2n) is 12.9. The Morgan fingerprint density at radius 1 is 0.979 bits per heavy atom. The van der Waals surface area contributed by atoms with E-state index in [-0.39, 0.29) is 28.0 Å². The van der Waals surface area contributed by atoms with E-state index in [2.05, 4.69) is 5.32 Å². The fourth-order valence-corrected chi connectivity index (χ4v) is 6.55. The lowest BCUT2D eigenvalue weighted by Gasteiger charge is -2.38. The standard InChI is InChI=1S/C35H45NO12/c1-15-10-9-11-16(2)34(44)36-21-14-22(38)24-25(29(21)41)30(42)32-26(24)33(43)35(7,48-32)46-13-12-23(45-8)17(3)31(47-20(6)37)19(5)28(40)18(4)27(15)39/h9-15,17-19,23,27-28,31-32,38-41,43H,1-8H3,(H,36,44)/b10-9+,13-12+,16-11-/t15-,17+,18+,19+,23-,27-,28+,31+,32?,35-/m0/s1. The van der Waals surface area contributed by atoms with Crippen molar-refractivity contribution in [3.63, 3.8) is 0 Å². The Kier molecular flexibility index (Phi) is 10.8. The van der Waals surface area contributed by atoms with Gasteiger partial charge in [0.15, 0.2) is 17.6 Å². The van der Waals surface area contributed by atoms with Gasteiger partial charge in [0.2, 0.25) is 5.78 Å². The van der Waals surface area contributed by atoms with Crippen molar-refractivity contribution in [3.05, 3.63) is 59.1 Å². The lowest BCUT2D eigenvalue weighted by Crippen LogP contribution is -2.46. The minimum absolute atomic E-state index is 0.0907. The van der Waals surface area contributed by atoms with Crippen molar-refractivity contribution in [1.29, 1.82) is 0 Å². The van der Waals surface area contributed by atoms with E-state index in [4.69, 9.17) is 18.9 Å². The Morgan fingerprint density at radius 3 is 2.27 bits per heavy atom. The van der Waals surface area contributed by atoms with E-state index < -0.39 is 94.9 Å². The van der Waals surface area contributed by atoms with Crippen LogP contribution < -0.4 is 5.32 Å². The monoisotopic (exact) mass is 671 g/mol. The SMILES string of the molecule is CO[C@H]1/C=C/O[C@@]2(C)OC3C(=O)c4c(O)c(cc(O)c4C3=C2O)NC(=O)/C(C)=C\C=C\[C@H](C)[C@H](O)[C@@H](C)[C@@H](O)[C@@H](C)[C@H](OC(C)=O)[C@@H]1C. The van der Waals surface area contributed by atoms with E-state index in [1.807, 2.05) is 0 Å². The van der Waals surface area contributed by atoms with Crippen molar-refractivity contribution in [3.8, 4) is 11.5 Å². The molecule has 6 N–H and O–H groups in total. The van der Waals surface area contributed by atoms with Crippen LogP contribution in [0.25, 0.3) is 5.57 Å². The Morgan fingerprint density at radius 2 is 1.65 bits per heavy atom. The summed E-state index contributed by atoms with van der Waals surface area (Å²) in [4.78, 5) is 38.6. The lowest BCUT2D eigenvalue weighted by molar-refractivity contribution is -0.176. The van der Waals surface area contributed by atoms with Crippen LogP contribution in [0.5, 0.6) is 11.5 Å². The van der Waals surface area contributed by atoms with Gasteiger partial charge in [-0.15, -0.1) is 0 Å². The number of hydrogen-bond donors (Lipinski definition) is 6. The largest absolute Gasteiger partial charge is 0.507 e. The van der Waals surface area contributed by atoms with Crippen molar-refractivity contribution in [2.45, 2.75) is 84.8 Å². The van der Waals surface area contributed by atoms with Gasteiger partial charge >= 0.3 is 5.97 Å². The van der Waals surface area contributed by atoms with Crippen molar-refractivity contribution in [1.82, 2.24) is 0 Å². The van der Waals surface area contributed by atoms with E-state index in [1.54, 1.807) is 39.8 Å². The Hall–Kier alpha value is -4.17. The van der Waals surface area contributed by atoms with Gasteiger partial charge in [-0.05, 0) is 13.0 Å². The van der Waals surface area contributed by atoms with Crippen LogP contribution in [0.2, 0.25) is 0 Å². The predicted molar refractivity (Wildman–Crippen MR) is 174 cm³/mol. The number of phenols is 2. The number of fused-ring (bicyclic) bond motifs is 14. The maximum Gasteiger partial charge on any atom is 0.302 e. The lowest BCUT2D eigenvalue weighted by atomic mass is 9.78. The van der Waals surface area contributed by atoms with Gasteiger partial charge in [0.1, 0.15) is 11.9 Å². The molecule has 13 nitrogen and oxygen atoms in total. The molecule has 1 aromatic carbocycles. The van der Waals surface area contributed by atoms with Crippen LogP contribution in [-0.2, 0) is 28.5 Å². The number of aliphatic hydroxyl groups is 3. The van der Waals surface area contributed by atoms with E-state index >= 15 is 0 Å². The van der Waals surface area contributed by atoms with E-state index in [9.17, 15) is 39.9 Å². The van der Waals surface area contributed by atoms with Gasteiger partial charge in [-0.1, -0.05) is 45.9 Å². The number of carbonyl (C=O) groups is 3. The van der Waals surface area contributed by atoms with Crippen molar-refractivity contribution < 1.29 is 58.9 Å². The molecule has 48 heavy (non-hydrogen) atoms. The number of allylic oxidation sites excluding steroid dienone is 2. The normalized spacial score (nSPS) is 37.0. The summed E-state index contributed by atoms with van der Waals surface area (Å²) in [6.45, 7) is 11.0. The van der Waals surface area contributed by atoms with Crippen LogP contribution in [0.4, 0.5) is 5.69 Å². The topological polar surface area (TPSA) is 201 Å². The number of amides is 1. The van der Waals surface area contributed by atoms with Crippen LogP contribution in [-0.4, -0.2) is 86.6 Å². The molecule has 6 bridgehead atoms. The maximum absolute atomic E-state index is 13.5. The number of aromatic hydroxyl groups is 2. The van der Waals surface area contributed by atoms with Gasteiger partial charge in [-0.2, -0.15) is 0 Å². The number of phenolic OH excluding ortho intramolecular Hbond substituents is 2. The summed E-state index contributed by atoms with van der Waals surface area (Å²) >= 11 is 0. The minimum Gasteiger partial charge on any atom is -0.507 e. The van der Waals surface area contributed by atoms with Crippen molar-refractivity contribution >= 4 is 28.9 Å². The zero-order chi connectivity index (χ0) is 35.8. The Bertz CT molecular complexity index is 1580. The highest BCUT2D eigenvalue weighted by molar-refractivity contribution is 6.21. The van der Waals surface area contributed by atoms with E-state index in [0.29, 0.717) is 0 Å². The molecule has 1 unspecified atom stereocenters. The molecule has 0 saturated carbocycles. The average molecular weight is 672 g/mol. The molecule has 5 rings (SSSR count). The number of nitrogens with one attached hydrogen (secondary N) is 1. The van der Waals surface area contributed by atoms with Crippen LogP contribution >= 0.6 is 0 Å². The van der Waals surface area contributed by atoms with Gasteiger partial charge < -0.3 is 49.8 Å². The molecule has 0 radical (unpaired) electrons. The van der Waals surface area contributed by atoms with E-state index in [0.717, 1.165) is 6.07 Å². The number of ketones is 1. The number of rotatable bonds is 2. The number of aliphatic hydroxyl groups excluding tert-OH is 3. The summed E-state index contributed by atoms with van der Waals surface area (Å²) in [5.74, 6) is -7.84. The molecule has 262 valence electrons. The van der Waals surface area contributed by atoms with Gasteiger partial charge in [-0.3, -0.25) is 14.4 Å². The fraction of sp³-hybridized carbons (Fsp3) is 0.514. The van der Waals surface area contributed by atoms with Gasteiger partial charge in [0.25, 0.3) is 11.7 Å². The third-order valence-corrected chi connectivity index (χ3v) is 9.54. The smallest absolute Gasteiger partial charge is 0.302 e. The van der Waals surface area contributed by atoms with Crippen molar-refractivity contribution in [2.24, 2.45) is 23.7 Å². The highest BCUT2D eigenvalue weighted by Gasteiger charge is 2.55. The summed E-state index contributed by atoms with van der Waals surface area (Å²) in [7, 11) is 1.43. The number of hydrogen-bond acceptors (Lipinski definition) is 12. The quantitative estimate of drug-likeness (QED) is 0.151. The molecule has 3 heterocycles. The van der Waals surface area contributed by atoms with Crippen LogP contribution in [0.15, 0.2) is 48.0 Å². The molecule has 1 aromatic rings. The van der Waals surface area contributed by atoms with Gasteiger partial charge in [0, 0.05) is 67.4 Å². The van der Waals surface area contributed by atoms with Gasteiger partial charge in [0.05, 0.1) is 35.8 Å². The molecule has 10 atom stereocenters. The molecule has 4 aliphatic rings. The summed E-state index contributed by atoms with van der Waals surface area (Å²) in [6.07, 6.45) is 2.23. The number of carbonyl (C=O) groups excluding carboxylic acids is 3. The molecule has 0 fully saturated rings. The minimum atomic E-state index is -1.88. The summed E-state index contributed by atoms with van der Waals surface area (Å²) in [5.41, 5.74) is -0.607. The first-order valence-corrected chi connectivity index (χ1v) is 15.8. The molecule has 13 heteroatoms. The average Bonchev–Trinajstić information content (AvgIpc) is 3.47. The highest BCUT2D eigenvalue weighted by Crippen LogP contribution is 2.53. The van der Waals surface area contributed by atoms with Crippen LogP contribution in [0.1, 0.15) is 64.4 Å². The number of Topliss-reactive ketones (excluding diaryl/α,β-unsaturated/α-hetero) is 1. The zero-order valence-corrected chi connectivity index (χ0v) is 28.3. The second kappa shape index (κ2) is 14.1. The molecule has 3 aliphatic heterocycles. The van der Waals surface area contributed by atoms with Crippen LogP contribution in [0, 0.1) is 23.7 Å². The summed E-state index contributed by atoms with van der Waals surface area (Å²) < 4.78 is 23.0. The first kappa shape index (κ1) is 36.7. The molecule has 1 amide bonds. The van der Waals surface area contributed by atoms with Gasteiger partial charge in [-0.25, -0.2) is 0 Å². The first-order chi connectivity index (χ1) is 22.4. The second-order valence-corrected chi connectivity index (χ2v) is 12.9. The third kappa shape index (κ3) is 6.73. The van der Waals surface area contributed by atoms with Crippen molar-refractivity contribution in [2.75, 3.05) is 12.4 Å². The highest BCUT2D eigenvalue weighted by atomic mass is 16.7. The molecular weight excluding hydrogens is 626 g/mol. The predicted octanol–water partition coefficient (Wildman–Crippen LogP) is 3.88. The summed E-state index contributed by atoms with van der Waals surface area (Å²) in [5, 5.41) is 58.2. The Balaban J connectivity index is 1.81. The number of benzene rings is 1. The molecule has 1 aliphatic carbocycles. The third-order valence-electron chi connectivity index (χ3n) is 9.54. The fourth-order valence-electron chi connectivity index (χ4n) is 6.55. The number of esters is 1. The molecule has 0 saturated heterocycles. The van der Waals surface area contributed by atoms with E-state index in [1.165, 1.54) is 46.3 Å². The molecule has 0 spiro atoms. The maximum atomic E-state index is 13.5. The molecular formula is C35H45NO12. The zero-order valence-electron chi connectivity index (χ0n) is 28.3. The summed E-state index contributed by atoms with van der Waals surface area (Å²) in [6, 6.07) is 1.07.